The van der Waals surface area contributed by atoms with E-state index in [1.165, 1.54) is 5.56 Å². The minimum Gasteiger partial charge on any atom is -0.493 e. The largest absolute Gasteiger partial charge is 0.493 e. The van der Waals surface area contributed by atoms with E-state index in [1.807, 2.05) is 76.0 Å². The van der Waals surface area contributed by atoms with Crippen LogP contribution in [0.4, 0.5) is 22.7 Å². The maximum Gasteiger partial charge on any atom is 0.260 e. The lowest BCUT2D eigenvalue weighted by Gasteiger charge is -2.23. The zero-order valence-corrected chi connectivity index (χ0v) is 38.0. The Morgan fingerprint density at radius 2 is 1.53 bits per heavy atom. The summed E-state index contributed by atoms with van der Waals surface area (Å²) in [5.41, 5.74) is 9.29. The van der Waals surface area contributed by atoms with E-state index in [2.05, 4.69) is 61.0 Å². The number of anilines is 4. The van der Waals surface area contributed by atoms with Crippen LogP contribution >= 0.6 is 33.3 Å². The summed E-state index contributed by atoms with van der Waals surface area (Å²) >= 11 is 1.89. The summed E-state index contributed by atoms with van der Waals surface area (Å²) in [5, 5.41) is 6.45. The second-order valence-corrected chi connectivity index (χ2v) is 20.1. The Morgan fingerprint density at radius 3 is 2.24 bits per heavy atom. The second-order valence-electron chi connectivity index (χ2n) is 16.0. The van der Waals surface area contributed by atoms with Crippen molar-refractivity contribution in [3.63, 3.8) is 0 Å². The SMILES string of the molecule is C#CNc1cc(OCc2cc(COc3cc4c(cc3OC)C(=O)N3c5ccccc5C[C@H]3CN4)cc(CSCC(C)(C)SSC)c2)c(OC)cc1C(=O)N1CCc2ccccc21. The first kappa shape index (κ1) is 43.1. The average Bonchev–Trinajstić information content (AvgIpc) is 3.85. The third kappa shape index (κ3) is 9.14. The Morgan fingerprint density at radius 1 is 0.871 bits per heavy atom. The molecule has 0 spiro atoms. The van der Waals surface area contributed by atoms with Crippen molar-refractivity contribution in [2.24, 2.45) is 0 Å². The zero-order valence-electron chi connectivity index (χ0n) is 35.5. The van der Waals surface area contributed by atoms with Crippen LogP contribution in [0.1, 0.15) is 62.4 Å². The summed E-state index contributed by atoms with van der Waals surface area (Å²) < 4.78 is 24.7. The van der Waals surface area contributed by atoms with Gasteiger partial charge >= 0.3 is 0 Å². The molecule has 0 saturated heterocycles. The van der Waals surface area contributed by atoms with E-state index in [4.69, 9.17) is 25.4 Å². The van der Waals surface area contributed by atoms with Crippen LogP contribution in [0, 0.1) is 12.5 Å². The molecule has 2 amide bonds. The quantitative estimate of drug-likeness (QED) is 0.0563. The van der Waals surface area contributed by atoms with Gasteiger partial charge in [0, 0.05) is 58.9 Å². The van der Waals surface area contributed by atoms with Gasteiger partial charge in [-0.1, -0.05) is 76.5 Å². The minimum absolute atomic E-state index is 0.0162. The first-order valence-electron chi connectivity index (χ1n) is 20.5. The van der Waals surface area contributed by atoms with Crippen molar-refractivity contribution in [2.45, 2.75) is 56.4 Å². The van der Waals surface area contributed by atoms with Crippen LogP contribution in [-0.2, 0) is 31.8 Å². The number of amides is 2. The Labute approximate surface area is 376 Å². The standard InChI is InChI=1S/C49H50N4O6S3/c1-7-50-39-24-45(43(56-4)22-37(39)47(54)52-17-16-34-12-8-10-14-41(34)52)58-27-31-18-32(20-33(19-31)29-61-30-49(2,3)62-60-6)28-59-46-25-40-38(23-44(46)57-5)48(55)53-36(26-51-40)21-35-13-9-11-15-42(35)53/h1,8-15,18-20,22-25,36,50-51H,16-17,21,26-30H2,2-6H3/t36-/m0/s1. The monoisotopic (exact) mass is 886 g/mol. The maximum absolute atomic E-state index is 14.0. The molecule has 3 heterocycles. The number of benzene rings is 5. The molecule has 0 aliphatic carbocycles. The van der Waals surface area contributed by atoms with Gasteiger partial charge in [-0.15, -0.1) is 0 Å². The van der Waals surface area contributed by atoms with Gasteiger partial charge in [0.2, 0.25) is 0 Å². The van der Waals surface area contributed by atoms with E-state index in [0.717, 1.165) is 58.0 Å². The van der Waals surface area contributed by atoms with E-state index in [1.54, 1.807) is 48.1 Å². The van der Waals surface area contributed by atoms with Crippen LogP contribution < -0.4 is 39.4 Å². The minimum atomic E-state index is -0.175. The van der Waals surface area contributed by atoms with Crippen molar-refractivity contribution in [1.29, 1.82) is 0 Å². The van der Waals surface area contributed by atoms with Gasteiger partial charge in [-0.2, -0.15) is 11.8 Å². The Bertz CT molecular complexity index is 2540. The fraction of sp³-hybridized carbons (Fsp3) is 0.306. The summed E-state index contributed by atoms with van der Waals surface area (Å²) in [6, 6.07) is 32.0. The van der Waals surface area contributed by atoms with Gasteiger partial charge in [-0.25, -0.2) is 0 Å². The molecule has 0 unspecified atom stereocenters. The molecular formula is C49H50N4O6S3. The van der Waals surface area contributed by atoms with Crippen molar-refractivity contribution in [3.05, 3.63) is 130 Å². The normalized spacial score (nSPS) is 15.0. The van der Waals surface area contributed by atoms with Crippen LogP contribution in [0.2, 0.25) is 0 Å². The van der Waals surface area contributed by atoms with Gasteiger partial charge in [-0.3, -0.25) is 9.59 Å². The summed E-state index contributed by atoms with van der Waals surface area (Å²) in [5.74, 6) is 3.41. The van der Waals surface area contributed by atoms with Crippen molar-refractivity contribution < 1.29 is 28.5 Å². The summed E-state index contributed by atoms with van der Waals surface area (Å²) in [6.07, 6.45) is 9.42. The molecule has 0 saturated carbocycles. The molecule has 0 bridgehead atoms. The number of methoxy groups -OCH3 is 2. The number of terminal acetylenes is 1. The van der Waals surface area contributed by atoms with Crippen LogP contribution in [0.5, 0.6) is 23.0 Å². The van der Waals surface area contributed by atoms with Crippen molar-refractivity contribution in [1.82, 2.24) is 0 Å². The summed E-state index contributed by atoms with van der Waals surface area (Å²) in [4.78, 5) is 31.7. The summed E-state index contributed by atoms with van der Waals surface area (Å²) in [6.45, 7) is 6.19. The smallest absolute Gasteiger partial charge is 0.260 e. The van der Waals surface area contributed by atoms with Crippen LogP contribution in [0.25, 0.3) is 0 Å². The number of nitrogens with zero attached hydrogens (tertiary/aromatic N) is 2. The topological polar surface area (TPSA) is 102 Å². The molecule has 3 aliphatic rings. The Kier molecular flexibility index (Phi) is 13.1. The third-order valence-corrected chi connectivity index (χ3v) is 15.4. The fourth-order valence-corrected chi connectivity index (χ4v) is 12.0. The van der Waals surface area contributed by atoms with Crippen molar-refractivity contribution in [3.8, 4) is 35.5 Å². The molecular weight excluding hydrogens is 837 g/mol. The van der Waals surface area contributed by atoms with E-state index in [9.17, 15) is 9.59 Å². The number of para-hydroxylation sites is 2. The summed E-state index contributed by atoms with van der Waals surface area (Å²) in [7, 11) is 6.81. The lowest BCUT2D eigenvalue weighted by Crippen LogP contribution is -2.39. The predicted molar refractivity (Wildman–Crippen MR) is 256 cm³/mol. The molecule has 10 nitrogen and oxygen atoms in total. The second kappa shape index (κ2) is 18.8. The Balaban J connectivity index is 1.04. The number of fused-ring (bicyclic) bond motifs is 5. The number of hydrogen-bond acceptors (Lipinski definition) is 11. The highest BCUT2D eigenvalue weighted by Crippen LogP contribution is 2.42. The molecule has 1 atom stereocenters. The van der Waals surface area contributed by atoms with E-state index in [0.29, 0.717) is 58.6 Å². The molecule has 2 N–H and O–H groups in total. The lowest BCUT2D eigenvalue weighted by atomic mass is 10.1. The molecule has 5 aromatic carbocycles. The van der Waals surface area contributed by atoms with Crippen LogP contribution in [0.15, 0.2) is 91.0 Å². The molecule has 0 fully saturated rings. The zero-order chi connectivity index (χ0) is 43.4. The van der Waals surface area contributed by atoms with E-state index < -0.39 is 0 Å². The molecule has 5 aromatic rings. The molecule has 3 aliphatic heterocycles. The molecule has 62 heavy (non-hydrogen) atoms. The highest BCUT2D eigenvalue weighted by Gasteiger charge is 2.38. The maximum atomic E-state index is 14.0. The number of carbonyl (C=O) groups excluding carboxylic acids is 2. The van der Waals surface area contributed by atoms with Gasteiger partial charge in [0.25, 0.3) is 11.8 Å². The van der Waals surface area contributed by atoms with Gasteiger partial charge in [0.1, 0.15) is 13.2 Å². The molecule has 13 heteroatoms. The highest BCUT2D eigenvalue weighted by molar-refractivity contribution is 8.77. The molecule has 320 valence electrons. The first-order chi connectivity index (χ1) is 30.1. The van der Waals surface area contributed by atoms with Gasteiger partial charge in [0.05, 0.1) is 42.8 Å². The molecule has 0 aromatic heterocycles. The number of nitrogens with one attached hydrogen (secondary N) is 2. The van der Waals surface area contributed by atoms with E-state index >= 15 is 0 Å². The number of rotatable bonds is 16. The lowest BCUT2D eigenvalue weighted by molar-refractivity contribution is 0.0978. The number of ether oxygens (including phenoxy) is 4. The Hall–Kier alpha value is -5.55. The third-order valence-electron chi connectivity index (χ3n) is 11.2. The van der Waals surface area contributed by atoms with Crippen LogP contribution in [0.3, 0.4) is 0 Å². The van der Waals surface area contributed by atoms with Gasteiger partial charge in [-0.05, 0) is 91.1 Å². The average molecular weight is 887 g/mol. The van der Waals surface area contributed by atoms with Gasteiger partial charge in [0.15, 0.2) is 23.0 Å². The van der Waals surface area contributed by atoms with E-state index in [-0.39, 0.29) is 35.8 Å². The van der Waals surface area contributed by atoms with Gasteiger partial charge < -0.3 is 39.4 Å². The number of thioether (sulfide) groups is 1. The molecule has 0 radical (unpaired) electrons. The number of carbonyl (C=O) groups is 2. The highest BCUT2D eigenvalue weighted by atomic mass is 33.1. The fourth-order valence-electron chi connectivity index (χ4n) is 8.37. The van der Waals surface area contributed by atoms with Crippen molar-refractivity contribution in [2.75, 3.05) is 59.8 Å². The molecule has 8 rings (SSSR count). The van der Waals surface area contributed by atoms with Crippen LogP contribution in [-0.4, -0.2) is 61.9 Å². The first-order valence-corrected chi connectivity index (χ1v) is 24.2. The van der Waals surface area contributed by atoms with Crippen molar-refractivity contribution >= 4 is 67.9 Å². The predicted octanol–water partition coefficient (Wildman–Crippen LogP) is 10.1. The number of hydrogen-bond donors (Lipinski definition) is 2.